The summed E-state index contributed by atoms with van der Waals surface area (Å²) in [7, 11) is 1.82. The Morgan fingerprint density at radius 3 is 2.56 bits per heavy atom. The second-order valence-electron chi connectivity index (χ2n) is 8.05. The lowest BCUT2D eigenvalue weighted by molar-refractivity contribution is 0.0784. The van der Waals surface area contributed by atoms with E-state index in [4.69, 9.17) is 14.0 Å². The highest BCUT2D eigenvalue weighted by Crippen LogP contribution is 2.21. The number of hydrogen-bond acceptors (Lipinski definition) is 6. The van der Waals surface area contributed by atoms with Gasteiger partial charge in [-0.25, -0.2) is 0 Å². The van der Waals surface area contributed by atoms with Crippen LogP contribution in [-0.2, 0) is 17.9 Å². The smallest absolute Gasteiger partial charge is 0.254 e. The summed E-state index contributed by atoms with van der Waals surface area (Å²) in [5.74, 6) is 1.33. The van der Waals surface area contributed by atoms with E-state index in [0.29, 0.717) is 24.5 Å². The third-order valence-corrected chi connectivity index (χ3v) is 5.72. The van der Waals surface area contributed by atoms with E-state index in [1.54, 1.807) is 11.0 Å². The zero-order chi connectivity index (χ0) is 22.5. The van der Waals surface area contributed by atoms with Crippen LogP contribution in [0.2, 0.25) is 0 Å². The molecule has 1 saturated heterocycles. The Morgan fingerprint density at radius 1 is 1.12 bits per heavy atom. The van der Waals surface area contributed by atoms with Crippen LogP contribution in [0.25, 0.3) is 0 Å². The van der Waals surface area contributed by atoms with Crippen molar-refractivity contribution >= 4 is 11.6 Å². The summed E-state index contributed by atoms with van der Waals surface area (Å²) < 4.78 is 16.5. The number of aryl methyl sites for hydroxylation is 2. The first-order valence-corrected chi connectivity index (χ1v) is 10.8. The second kappa shape index (κ2) is 9.87. The molecule has 3 aromatic rings. The summed E-state index contributed by atoms with van der Waals surface area (Å²) in [6.07, 6.45) is 0. The van der Waals surface area contributed by atoms with Crippen LogP contribution in [0.5, 0.6) is 5.75 Å². The van der Waals surface area contributed by atoms with E-state index in [1.807, 2.05) is 39.1 Å². The fourth-order valence-electron chi connectivity index (χ4n) is 3.78. The van der Waals surface area contributed by atoms with E-state index in [1.165, 1.54) is 5.69 Å². The second-order valence-corrected chi connectivity index (χ2v) is 8.05. The topological polar surface area (TPSA) is 68.0 Å². The van der Waals surface area contributed by atoms with Gasteiger partial charge in [0.25, 0.3) is 5.91 Å². The van der Waals surface area contributed by atoms with Gasteiger partial charge in [-0.1, -0.05) is 23.4 Å². The molecule has 0 spiro atoms. The van der Waals surface area contributed by atoms with E-state index in [2.05, 4.69) is 34.3 Å². The number of carbonyl (C=O) groups is 1. The molecule has 7 nitrogen and oxygen atoms in total. The highest BCUT2D eigenvalue weighted by Gasteiger charge is 2.15. The Balaban J connectivity index is 1.36. The molecular weight excluding hydrogens is 406 g/mol. The molecule has 7 heteroatoms. The molecule has 1 fully saturated rings. The van der Waals surface area contributed by atoms with Gasteiger partial charge < -0.3 is 23.8 Å². The van der Waals surface area contributed by atoms with Crippen molar-refractivity contribution in [1.82, 2.24) is 10.1 Å². The van der Waals surface area contributed by atoms with Gasteiger partial charge in [-0.3, -0.25) is 4.79 Å². The van der Waals surface area contributed by atoms with Gasteiger partial charge in [0.2, 0.25) is 0 Å². The molecule has 0 radical (unpaired) electrons. The number of nitrogens with zero attached hydrogens (tertiary/aromatic N) is 3. The molecule has 1 amide bonds. The van der Waals surface area contributed by atoms with Crippen LogP contribution in [-0.4, -0.2) is 49.3 Å². The standard InChI is InChI=1S/C25H29N3O4/c1-18-24(19(2)32-26-18)17-31-23-6-4-5-21(15-23)25(29)27(3)16-20-7-9-22(10-8-20)28-11-13-30-14-12-28/h4-10,15H,11-14,16-17H2,1-3H3. The number of ether oxygens (including phenoxy) is 2. The lowest BCUT2D eigenvalue weighted by Gasteiger charge is -2.29. The maximum absolute atomic E-state index is 13.0. The first-order valence-electron chi connectivity index (χ1n) is 10.8. The highest BCUT2D eigenvalue weighted by molar-refractivity contribution is 5.94. The molecule has 0 unspecified atom stereocenters. The zero-order valence-electron chi connectivity index (χ0n) is 18.8. The number of anilines is 1. The zero-order valence-corrected chi connectivity index (χ0v) is 18.8. The monoisotopic (exact) mass is 435 g/mol. The van der Waals surface area contributed by atoms with Crippen molar-refractivity contribution in [3.63, 3.8) is 0 Å². The largest absolute Gasteiger partial charge is 0.489 e. The molecule has 0 aliphatic carbocycles. The predicted octanol–water partition coefficient (Wildman–Crippen LogP) is 3.98. The Hall–Kier alpha value is -3.32. The van der Waals surface area contributed by atoms with Gasteiger partial charge >= 0.3 is 0 Å². The maximum atomic E-state index is 13.0. The fraction of sp³-hybridized carbons (Fsp3) is 0.360. The SMILES string of the molecule is Cc1noc(C)c1COc1cccc(C(=O)N(C)Cc2ccc(N3CCOCC3)cc2)c1. The lowest BCUT2D eigenvalue weighted by atomic mass is 10.1. The van der Waals surface area contributed by atoms with Gasteiger partial charge in [-0.05, 0) is 49.7 Å². The van der Waals surface area contributed by atoms with Crippen LogP contribution < -0.4 is 9.64 Å². The highest BCUT2D eigenvalue weighted by atomic mass is 16.5. The maximum Gasteiger partial charge on any atom is 0.254 e. The number of carbonyl (C=O) groups excluding carboxylic acids is 1. The van der Waals surface area contributed by atoms with Crippen LogP contribution in [0.4, 0.5) is 5.69 Å². The number of benzene rings is 2. The molecule has 0 saturated carbocycles. The molecule has 1 aliphatic heterocycles. The van der Waals surface area contributed by atoms with Crippen molar-refractivity contribution < 1.29 is 18.8 Å². The van der Waals surface area contributed by atoms with Crippen molar-refractivity contribution in [2.75, 3.05) is 38.3 Å². The summed E-state index contributed by atoms with van der Waals surface area (Å²) in [6.45, 7) is 7.98. The summed E-state index contributed by atoms with van der Waals surface area (Å²) in [5, 5.41) is 3.95. The molecular formula is C25H29N3O4. The van der Waals surface area contributed by atoms with Gasteiger partial charge in [0.15, 0.2) is 0 Å². The van der Waals surface area contributed by atoms with Gasteiger partial charge in [-0.15, -0.1) is 0 Å². The molecule has 1 aromatic heterocycles. The van der Waals surface area contributed by atoms with Crippen LogP contribution in [0.1, 0.15) is 32.9 Å². The van der Waals surface area contributed by atoms with Gasteiger partial charge in [-0.2, -0.15) is 0 Å². The minimum atomic E-state index is -0.0509. The van der Waals surface area contributed by atoms with Crippen molar-refractivity contribution in [1.29, 1.82) is 0 Å². The quantitative estimate of drug-likeness (QED) is 0.559. The summed E-state index contributed by atoms with van der Waals surface area (Å²) in [6, 6.07) is 15.7. The number of aromatic nitrogens is 1. The summed E-state index contributed by atoms with van der Waals surface area (Å²) in [5.41, 5.74) is 4.61. The molecule has 0 bridgehead atoms. The Bertz CT molecular complexity index is 1040. The number of hydrogen-bond donors (Lipinski definition) is 0. The van der Waals surface area contributed by atoms with Crippen LogP contribution in [0, 0.1) is 13.8 Å². The predicted molar refractivity (Wildman–Crippen MR) is 122 cm³/mol. The van der Waals surface area contributed by atoms with E-state index in [0.717, 1.165) is 48.9 Å². The Morgan fingerprint density at radius 2 is 1.88 bits per heavy atom. The first kappa shape index (κ1) is 21.9. The third kappa shape index (κ3) is 5.11. The van der Waals surface area contributed by atoms with Crippen molar-refractivity contribution in [2.24, 2.45) is 0 Å². The number of morpholine rings is 1. The van der Waals surface area contributed by atoms with Crippen LogP contribution in [0.3, 0.4) is 0 Å². The minimum absolute atomic E-state index is 0.0509. The summed E-state index contributed by atoms with van der Waals surface area (Å²) >= 11 is 0. The van der Waals surface area contributed by atoms with E-state index in [9.17, 15) is 4.79 Å². The molecule has 0 atom stereocenters. The van der Waals surface area contributed by atoms with E-state index >= 15 is 0 Å². The molecule has 2 aromatic carbocycles. The van der Waals surface area contributed by atoms with Crippen molar-refractivity contribution in [2.45, 2.75) is 27.0 Å². The molecule has 168 valence electrons. The van der Waals surface area contributed by atoms with Crippen LogP contribution in [0.15, 0.2) is 53.1 Å². The van der Waals surface area contributed by atoms with Crippen molar-refractivity contribution in [3.05, 3.63) is 76.7 Å². The molecule has 32 heavy (non-hydrogen) atoms. The fourth-order valence-corrected chi connectivity index (χ4v) is 3.78. The normalized spacial score (nSPS) is 13.8. The molecule has 1 aliphatic rings. The van der Waals surface area contributed by atoms with Crippen molar-refractivity contribution in [3.8, 4) is 5.75 Å². The van der Waals surface area contributed by atoms with Crippen LogP contribution >= 0.6 is 0 Å². The third-order valence-electron chi connectivity index (χ3n) is 5.72. The Labute approximate surface area is 188 Å². The van der Waals surface area contributed by atoms with E-state index < -0.39 is 0 Å². The van der Waals surface area contributed by atoms with Gasteiger partial charge in [0.05, 0.1) is 24.5 Å². The number of rotatable bonds is 7. The minimum Gasteiger partial charge on any atom is -0.489 e. The average molecular weight is 436 g/mol. The summed E-state index contributed by atoms with van der Waals surface area (Å²) in [4.78, 5) is 17.0. The molecule has 0 N–H and O–H groups in total. The molecule has 4 rings (SSSR count). The van der Waals surface area contributed by atoms with Gasteiger partial charge in [0.1, 0.15) is 18.1 Å². The van der Waals surface area contributed by atoms with E-state index in [-0.39, 0.29) is 5.91 Å². The number of amides is 1. The first-order chi connectivity index (χ1) is 15.5. The Kier molecular flexibility index (Phi) is 6.75. The average Bonchev–Trinajstić information content (AvgIpc) is 3.15. The lowest BCUT2D eigenvalue weighted by Crippen LogP contribution is -2.36. The van der Waals surface area contributed by atoms with Gasteiger partial charge in [0, 0.05) is 37.9 Å². The molecule has 2 heterocycles.